The van der Waals surface area contributed by atoms with Gasteiger partial charge in [-0.3, -0.25) is 9.69 Å². The van der Waals surface area contributed by atoms with E-state index >= 15 is 0 Å². The number of nitrogens with zero attached hydrogens (tertiary/aromatic N) is 4. The maximum absolute atomic E-state index is 12.2. The van der Waals surface area contributed by atoms with Gasteiger partial charge in [0.15, 0.2) is 0 Å². The Morgan fingerprint density at radius 3 is 2.67 bits per heavy atom. The molecule has 0 aliphatic carbocycles. The Balaban J connectivity index is 1.45. The third-order valence-electron chi connectivity index (χ3n) is 4.75. The molecule has 0 bridgehead atoms. The Morgan fingerprint density at radius 2 is 2.00 bits per heavy atom. The van der Waals surface area contributed by atoms with Crippen LogP contribution in [-0.2, 0) is 11.3 Å². The van der Waals surface area contributed by atoms with Gasteiger partial charge in [-0.25, -0.2) is 0 Å². The van der Waals surface area contributed by atoms with E-state index in [4.69, 9.17) is 16.1 Å². The van der Waals surface area contributed by atoms with Gasteiger partial charge in [0.25, 0.3) is 0 Å². The molecule has 1 aliphatic rings. The Labute approximate surface area is 164 Å². The average molecular weight is 392 g/mol. The molecule has 1 N–H and O–H groups in total. The highest BCUT2D eigenvalue weighted by Gasteiger charge is 2.25. The minimum atomic E-state index is 0.0933. The van der Waals surface area contributed by atoms with Crippen LogP contribution in [0.2, 0.25) is 5.02 Å². The molecule has 1 aromatic carbocycles. The summed E-state index contributed by atoms with van der Waals surface area (Å²) in [5.41, 5.74) is 0.877. The van der Waals surface area contributed by atoms with Crippen LogP contribution in [0.15, 0.2) is 28.8 Å². The SMILES string of the molecule is CN(C)CCNC(=O)C1CCN(Cc2nc(-c3ccc(Cl)cc3)no2)CC1. The van der Waals surface area contributed by atoms with Crippen LogP contribution in [-0.4, -0.2) is 66.1 Å². The van der Waals surface area contributed by atoms with E-state index < -0.39 is 0 Å². The van der Waals surface area contributed by atoms with Gasteiger partial charge in [-0.1, -0.05) is 16.8 Å². The minimum Gasteiger partial charge on any atom is -0.355 e. The zero-order chi connectivity index (χ0) is 19.2. The Bertz CT molecular complexity index is 739. The first-order valence-corrected chi connectivity index (χ1v) is 9.62. The molecule has 1 aliphatic heterocycles. The van der Waals surface area contributed by atoms with Gasteiger partial charge in [-0.2, -0.15) is 4.98 Å². The summed E-state index contributed by atoms with van der Waals surface area (Å²) >= 11 is 5.91. The lowest BCUT2D eigenvalue weighted by molar-refractivity contribution is -0.126. The maximum atomic E-state index is 12.2. The Morgan fingerprint density at radius 1 is 1.30 bits per heavy atom. The van der Waals surface area contributed by atoms with Gasteiger partial charge >= 0.3 is 0 Å². The molecule has 3 rings (SSSR count). The van der Waals surface area contributed by atoms with Gasteiger partial charge in [0.1, 0.15) is 0 Å². The molecule has 146 valence electrons. The number of likely N-dealkylation sites (N-methyl/N-ethyl adjacent to an activating group) is 1. The first-order chi connectivity index (χ1) is 13.0. The van der Waals surface area contributed by atoms with Gasteiger partial charge in [0, 0.05) is 29.6 Å². The number of benzene rings is 1. The second-order valence-electron chi connectivity index (χ2n) is 7.16. The fraction of sp³-hybridized carbons (Fsp3) is 0.526. The van der Waals surface area contributed by atoms with Crippen molar-refractivity contribution in [1.29, 1.82) is 0 Å². The predicted molar refractivity (Wildman–Crippen MR) is 104 cm³/mol. The monoisotopic (exact) mass is 391 g/mol. The lowest BCUT2D eigenvalue weighted by Crippen LogP contribution is -2.41. The highest BCUT2D eigenvalue weighted by molar-refractivity contribution is 6.30. The van der Waals surface area contributed by atoms with Gasteiger partial charge < -0.3 is 14.7 Å². The summed E-state index contributed by atoms with van der Waals surface area (Å²) in [6.07, 6.45) is 1.71. The third kappa shape index (κ3) is 5.76. The summed E-state index contributed by atoms with van der Waals surface area (Å²) in [6.45, 7) is 3.86. The summed E-state index contributed by atoms with van der Waals surface area (Å²) in [4.78, 5) is 21.0. The lowest BCUT2D eigenvalue weighted by atomic mass is 9.96. The van der Waals surface area contributed by atoms with Crippen LogP contribution >= 0.6 is 11.6 Å². The highest BCUT2D eigenvalue weighted by atomic mass is 35.5. The van der Waals surface area contributed by atoms with E-state index in [2.05, 4.69) is 25.3 Å². The van der Waals surface area contributed by atoms with Crippen molar-refractivity contribution >= 4 is 17.5 Å². The average Bonchev–Trinajstić information content (AvgIpc) is 3.11. The molecule has 0 spiro atoms. The van der Waals surface area contributed by atoms with Crippen molar-refractivity contribution in [3.63, 3.8) is 0 Å². The molecule has 0 atom stereocenters. The van der Waals surface area contributed by atoms with Crippen LogP contribution in [0.1, 0.15) is 18.7 Å². The van der Waals surface area contributed by atoms with Crippen LogP contribution in [0.25, 0.3) is 11.4 Å². The summed E-state index contributed by atoms with van der Waals surface area (Å²) in [5, 5.41) is 7.75. The second-order valence-corrected chi connectivity index (χ2v) is 7.60. The summed E-state index contributed by atoms with van der Waals surface area (Å²) in [6, 6.07) is 7.36. The fourth-order valence-electron chi connectivity index (χ4n) is 3.13. The van der Waals surface area contributed by atoms with Crippen molar-refractivity contribution in [1.82, 2.24) is 25.3 Å². The maximum Gasteiger partial charge on any atom is 0.241 e. The number of carbonyl (C=O) groups is 1. The molecule has 7 nitrogen and oxygen atoms in total. The van der Waals surface area contributed by atoms with E-state index in [0.29, 0.717) is 29.8 Å². The molecule has 1 saturated heterocycles. The number of hydrogen-bond donors (Lipinski definition) is 1. The summed E-state index contributed by atoms with van der Waals surface area (Å²) < 4.78 is 5.38. The normalized spacial score (nSPS) is 16.0. The number of rotatable bonds is 7. The van der Waals surface area contributed by atoms with Crippen molar-refractivity contribution in [2.45, 2.75) is 19.4 Å². The zero-order valence-electron chi connectivity index (χ0n) is 15.8. The number of carbonyl (C=O) groups excluding carboxylic acids is 1. The molecule has 0 radical (unpaired) electrons. The van der Waals surface area contributed by atoms with Gasteiger partial charge in [-0.05, 0) is 64.3 Å². The Kier molecular flexibility index (Phi) is 6.82. The molecule has 8 heteroatoms. The van der Waals surface area contributed by atoms with Crippen LogP contribution in [0, 0.1) is 5.92 Å². The van der Waals surface area contributed by atoms with E-state index in [9.17, 15) is 4.79 Å². The number of piperidine rings is 1. The molecule has 2 aromatic rings. The smallest absolute Gasteiger partial charge is 0.241 e. The number of amides is 1. The second kappa shape index (κ2) is 9.30. The molecule has 1 aromatic heterocycles. The standard InChI is InChI=1S/C19H26ClN5O2/c1-24(2)12-9-21-19(26)15-7-10-25(11-8-15)13-17-22-18(23-27-17)14-3-5-16(20)6-4-14/h3-6,15H,7-13H2,1-2H3,(H,21,26). The number of aromatic nitrogens is 2. The molecular weight excluding hydrogens is 366 g/mol. The minimum absolute atomic E-state index is 0.0933. The van der Waals surface area contributed by atoms with Crippen LogP contribution in [0.5, 0.6) is 0 Å². The molecule has 27 heavy (non-hydrogen) atoms. The molecule has 2 heterocycles. The van der Waals surface area contributed by atoms with Crippen molar-refractivity contribution < 1.29 is 9.32 Å². The third-order valence-corrected chi connectivity index (χ3v) is 5.00. The van der Waals surface area contributed by atoms with Crippen LogP contribution in [0.3, 0.4) is 0 Å². The van der Waals surface area contributed by atoms with E-state index in [0.717, 1.165) is 38.0 Å². The lowest BCUT2D eigenvalue weighted by Gasteiger charge is -2.30. The highest BCUT2D eigenvalue weighted by Crippen LogP contribution is 2.21. The molecule has 1 amide bonds. The van der Waals surface area contributed by atoms with Crippen molar-refractivity contribution in [3.8, 4) is 11.4 Å². The molecule has 1 fully saturated rings. The van der Waals surface area contributed by atoms with Crippen molar-refractivity contribution in [3.05, 3.63) is 35.2 Å². The first-order valence-electron chi connectivity index (χ1n) is 9.24. The molecule has 0 unspecified atom stereocenters. The topological polar surface area (TPSA) is 74.5 Å². The van der Waals surface area contributed by atoms with Crippen LogP contribution in [0.4, 0.5) is 0 Å². The summed E-state index contributed by atoms with van der Waals surface area (Å²) in [5.74, 6) is 1.42. The van der Waals surface area contributed by atoms with E-state index in [1.54, 1.807) is 12.1 Å². The Hall–Kier alpha value is -1.96. The number of hydrogen-bond acceptors (Lipinski definition) is 6. The van der Waals surface area contributed by atoms with Gasteiger partial charge in [-0.15, -0.1) is 0 Å². The van der Waals surface area contributed by atoms with Gasteiger partial charge in [0.2, 0.25) is 17.6 Å². The van der Waals surface area contributed by atoms with E-state index in [1.807, 2.05) is 26.2 Å². The number of likely N-dealkylation sites (tertiary alicyclic amines) is 1. The number of halogens is 1. The fourth-order valence-corrected chi connectivity index (χ4v) is 3.25. The first kappa shape index (κ1) is 19.8. The summed E-state index contributed by atoms with van der Waals surface area (Å²) in [7, 11) is 4.00. The van der Waals surface area contributed by atoms with E-state index in [-0.39, 0.29) is 11.8 Å². The predicted octanol–water partition coefficient (Wildman–Crippen LogP) is 2.28. The largest absolute Gasteiger partial charge is 0.355 e. The van der Waals surface area contributed by atoms with Crippen molar-refractivity contribution in [2.75, 3.05) is 40.3 Å². The van der Waals surface area contributed by atoms with Crippen molar-refractivity contribution in [2.24, 2.45) is 5.92 Å². The molecular formula is C19H26ClN5O2. The zero-order valence-corrected chi connectivity index (χ0v) is 16.6. The molecule has 0 saturated carbocycles. The quantitative estimate of drug-likeness (QED) is 0.780. The van der Waals surface area contributed by atoms with Crippen LogP contribution < -0.4 is 5.32 Å². The van der Waals surface area contributed by atoms with Gasteiger partial charge in [0.05, 0.1) is 6.54 Å². The van der Waals surface area contributed by atoms with E-state index in [1.165, 1.54) is 0 Å². The number of nitrogens with one attached hydrogen (secondary N) is 1.